The predicted octanol–water partition coefficient (Wildman–Crippen LogP) is 2.80. The quantitative estimate of drug-likeness (QED) is 0.885. The molecule has 1 rings (SSSR count). The highest BCUT2D eigenvalue weighted by Crippen LogP contribution is 2.19. The molecule has 0 aromatic carbocycles. The Balaban J connectivity index is 2.69. The summed E-state index contributed by atoms with van der Waals surface area (Å²) in [4.78, 5) is 6.45. The van der Waals surface area contributed by atoms with Gasteiger partial charge in [-0.15, -0.1) is 0 Å². The van der Waals surface area contributed by atoms with Gasteiger partial charge in [-0.3, -0.25) is 4.90 Å². The van der Waals surface area contributed by atoms with E-state index in [-0.39, 0.29) is 5.41 Å². The molecular weight excluding hydrogens is 222 g/mol. The van der Waals surface area contributed by atoms with Gasteiger partial charge in [-0.25, -0.2) is 4.98 Å². The van der Waals surface area contributed by atoms with E-state index in [0.29, 0.717) is 10.8 Å². The zero-order chi connectivity index (χ0) is 12.3. The van der Waals surface area contributed by atoms with Crippen LogP contribution in [0.25, 0.3) is 0 Å². The summed E-state index contributed by atoms with van der Waals surface area (Å²) in [7, 11) is 2.06. The third kappa shape index (κ3) is 4.37. The van der Waals surface area contributed by atoms with Crippen LogP contribution >= 0.6 is 11.6 Å². The highest BCUT2D eigenvalue weighted by Gasteiger charge is 2.15. The average molecular weight is 242 g/mol. The maximum atomic E-state index is 6.07. The average Bonchev–Trinajstić information content (AvgIpc) is 2.08. The van der Waals surface area contributed by atoms with Crippen LogP contribution in [0.3, 0.4) is 0 Å². The van der Waals surface area contributed by atoms with E-state index in [9.17, 15) is 0 Å². The zero-order valence-electron chi connectivity index (χ0n) is 10.4. The normalized spacial score (nSPS) is 12.1. The van der Waals surface area contributed by atoms with Gasteiger partial charge in [0.2, 0.25) is 0 Å². The lowest BCUT2D eigenvalue weighted by molar-refractivity contribution is 0.219. The van der Waals surface area contributed by atoms with E-state index in [0.717, 1.165) is 18.8 Å². The van der Waals surface area contributed by atoms with Crippen LogP contribution in [0.1, 0.15) is 26.5 Å². The highest BCUT2D eigenvalue weighted by molar-refractivity contribution is 6.31. The smallest absolute Gasteiger partial charge is 0.123 e. The third-order valence-electron chi connectivity index (χ3n) is 2.10. The first kappa shape index (κ1) is 13.3. The molecule has 3 nitrogen and oxygen atoms in total. The number of aromatic nitrogens is 1. The number of nitrogens with zero attached hydrogens (tertiary/aromatic N) is 2. The van der Waals surface area contributed by atoms with Crippen molar-refractivity contribution >= 4 is 17.4 Å². The van der Waals surface area contributed by atoms with Crippen LogP contribution in [-0.2, 0) is 6.54 Å². The van der Waals surface area contributed by atoms with Crippen molar-refractivity contribution in [3.8, 4) is 0 Å². The standard InChI is InChI=1S/C12H20ClN3/c1-12(2,3)8-16(4)7-10-9(13)5-6-11(14)15-10/h5-6H,7-8H2,1-4H3,(H2,14,15). The van der Waals surface area contributed by atoms with Gasteiger partial charge in [0.15, 0.2) is 0 Å². The van der Waals surface area contributed by atoms with Crippen LogP contribution in [-0.4, -0.2) is 23.5 Å². The Labute approximate surface area is 103 Å². The minimum atomic E-state index is 0.265. The molecule has 0 unspecified atom stereocenters. The Hall–Kier alpha value is -0.800. The summed E-state index contributed by atoms with van der Waals surface area (Å²) in [5.74, 6) is 0.517. The van der Waals surface area contributed by atoms with E-state index in [4.69, 9.17) is 17.3 Å². The largest absolute Gasteiger partial charge is 0.384 e. The van der Waals surface area contributed by atoms with Crippen molar-refractivity contribution in [3.63, 3.8) is 0 Å². The summed E-state index contributed by atoms with van der Waals surface area (Å²) in [5.41, 5.74) is 6.75. The van der Waals surface area contributed by atoms with Crippen LogP contribution < -0.4 is 5.73 Å². The Morgan fingerprint density at radius 2 is 2.00 bits per heavy atom. The number of pyridine rings is 1. The van der Waals surface area contributed by atoms with Crippen LogP contribution in [0.4, 0.5) is 5.82 Å². The molecular formula is C12H20ClN3. The lowest BCUT2D eigenvalue weighted by Crippen LogP contribution is -2.29. The second-order valence-electron chi connectivity index (χ2n) is 5.40. The van der Waals surface area contributed by atoms with Crippen molar-refractivity contribution < 1.29 is 0 Å². The molecule has 0 saturated heterocycles. The van der Waals surface area contributed by atoms with Crippen molar-refractivity contribution in [2.45, 2.75) is 27.3 Å². The topological polar surface area (TPSA) is 42.2 Å². The molecule has 0 radical (unpaired) electrons. The maximum absolute atomic E-state index is 6.07. The Kier molecular flexibility index (Phi) is 4.16. The molecule has 0 saturated carbocycles. The molecule has 0 atom stereocenters. The molecule has 0 spiro atoms. The summed E-state index contributed by atoms with van der Waals surface area (Å²) in [6.45, 7) is 8.33. The minimum absolute atomic E-state index is 0.265. The highest BCUT2D eigenvalue weighted by atomic mass is 35.5. The van der Waals surface area contributed by atoms with Crippen LogP contribution in [0.5, 0.6) is 0 Å². The van der Waals surface area contributed by atoms with Crippen molar-refractivity contribution in [3.05, 3.63) is 22.8 Å². The van der Waals surface area contributed by atoms with E-state index in [1.807, 2.05) is 0 Å². The van der Waals surface area contributed by atoms with Crippen molar-refractivity contribution in [2.24, 2.45) is 5.41 Å². The zero-order valence-corrected chi connectivity index (χ0v) is 11.2. The Bertz CT molecular complexity index is 358. The molecule has 0 amide bonds. The van der Waals surface area contributed by atoms with E-state index < -0.39 is 0 Å². The minimum Gasteiger partial charge on any atom is -0.384 e. The van der Waals surface area contributed by atoms with E-state index in [2.05, 4.69) is 37.7 Å². The number of nitrogen functional groups attached to an aromatic ring is 1. The van der Waals surface area contributed by atoms with Gasteiger partial charge in [0.1, 0.15) is 5.82 Å². The van der Waals surface area contributed by atoms with Gasteiger partial charge in [-0.2, -0.15) is 0 Å². The van der Waals surface area contributed by atoms with Gasteiger partial charge in [0.25, 0.3) is 0 Å². The van der Waals surface area contributed by atoms with Gasteiger partial charge >= 0.3 is 0 Å². The van der Waals surface area contributed by atoms with Crippen molar-refractivity contribution in [1.29, 1.82) is 0 Å². The maximum Gasteiger partial charge on any atom is 0.123 e. The monoisotopic (exact) mass is 241 g/mol. The molecule has 0 aliphatic carbocycles. The van der Waals surface area contributed by atoms with Crippen LogP contribution in [0.15, 0.2) is 12.1 Å². The number of halogens is 1. The summed E-state index contributed by atoms with van der Waals surface area (Å²) in [6.07, 6.45) is 0. The van der Waals surface area contributed by atoms with Crippen LogP contribution in [0, 0.1) is 5.41 Å². The third-order valence-corrected chi connectivity index (χ3v) is 2.45. The lowest BCUT2D eigenvalue weighted by atomic mass is 9.96. The summed E-state index contributed by atoms with van der Waals surface area (Å²) >= 11 is 6.07. The van der Waals surface area contributed by atoms with Gasteiger partial charge in [0, 0.05) is 13.1 Å². The molecule has 2 N–H and O–H groups in total. The second-order valence-corrected chi connectivity index (χ2v) is 5.80. The van der Waals surface area contributed by atoms with E-state index in [1.165, 1.54) is 0 Å². The number of rotatable bonds is 3. The fourth-order valence-corrected chi connectivity index (χ4v) is 1.90. The first-order valence-electron chi connectivity index (χ1n) is 5.37. The first-order valence-corrected chi connectivity index (χ1v) is 5.75. The van der Waals surface area contributed by atoms with Gasteiger partial charge in [-0.1, -0.05) is 32.4 Å². The first-order chi connectivity index (χ1) is 7.28. The molecule has 0 aliphatic rings. The summed E-state index contributed by atoms with van der Waals surface area (Å²) < 4.78 is 0. The number of hydrogen-bond acceptors (Lipinski definition) is 3. The molecule has 0 fully saturated rings. The SMILES string of the molecule is CN(Cc1nc(N)ccc1Cl)CC(C)(C)C. The summed E-state index contributed by atoms with van der Waals surface area (Å²) in [5, 5.41) is 0.676. The Morgan fingerprint density at radius 1 is 1.38 bits per heavy atom. The fourth-order valence-electron chi connectivity index (χ4n) is 1.73. The molecule has 0 bridgehead atoms. The molecule has 4 heteroatoms. The number of anilines is 1. The van der Waals surface area contributed by atoms with E-state index in [1.54, 1.807) is 12.1 Å². The number of nitrogens with two attached hydrogens (primary N) is 1. The molecule has 1 aromatic heterocycles. The fraction of sp³-hybridized carbons (Fsp3) is 0.583. The van der Waals surface area contributed by atoms with Gasteiger partial charge in [-0.05, 0) is 24.6 Å². The van der Waals surface area contributed by atoms with Gasteiger partial charge < -0.3 is 5.73 Å². The lowest BCUT2D eigenvalue weighted by Gasteiger charge is -2.26. The van der Waals surface area contributed by atoms with Crippen molar-refractivity contribution in [1.82, 2.24) is 9.88 Å². The molecule has 1 aromatic rings. The molecule has 16 heavy (non-hydrogen) atoms. The number of hydrogen-bond donors (Lipinski definition) is 1. The summed E-state index contributed by atoms with van der Waals surface area (Å²) in [6, 6.07) is 3.51. The van der Waals surface area contributed by atoms with E-state index >= 15 is 0 Å². The predicted molar refractivity (Wildman–Crippen MR) is 69.4 cm³/mol. The molecule has 90 valence electrons. The van der Waals surface area contributed by atoms with Crippen molar-refractivity contribution in [2.75, 3.05) is 19.3 Å². The van der Waals surface area contributed by atoms with Crippen LogP contribution in [0.2, 0.25) is 5.02 Å². The second kappa shape index (κ2) is 5.02. The molecule has 0 aliphatic heterocycles. The Morgan fingerprint density at radius 3 is 2.56 bits per heavy atom. The molecule has 1 heterocycles. The van der Waals surface area contributed by atoms with Gasteiger partial charge in [0.05, 0.1) is 10.7 Å².